The summed E-state index contributed by atoms with van der Waals surface area (Å²) in [5.74, 6) is 0.248. The van der Waals surface area contributed by atoms with E-state index >= 15 is 0 Å². The van der Waals surface area contributed by atoms with Gasteiger partial charge in [0.2, 0.25) is 21.7 Å². The number of H-pyrrole nitrogens is 1. The fourth-order valence-corrected chi connectivity index (χ4v) is 9.66. The van der Waals surface area contributed by atoms with Gasteiger partial charge in [0.25, 0.3) is 0 Å². The van der Waals surface area contributed by atoms with Crippen molar-refractivity contribution in [1.82, 2.24) is 30.4 Å². The second-order valence-corrected chi connectivity index (χ2v) is 16.9. The molecule has 5 heterocycles. The first-order chi connectivity index (χ1) is 28.8. The standard InChI is InChI=1S/C41H49N7O11S/c1-22(55-3)35(45-40(51)57-5)38(49)47-15-7-9-29(47)27-17-26(20-42-27)24-12-14-33-32(18-24)59-31-13-11-25(19-34(31)60(33,53)54)28-21-43-37(44-28)30-10-8-16-48(30)39(50)36(23(2)56-4)46-41(52)58-6/h11-14,18-23,29-30,35-36H,7-10,15-17H2,1-6H3,(H,43,44)(H,45,51)(H,46,52)/t22-,23-,29-,30-,35-,36-/m0/s1. The van der Waals surface area contributed by atoms with Crippen molar-refractivity contribution in [3.05, 3.63) is 60.2 Å². The molecule has 60 heavy (non-hydrogen) atoms. The van der Waals surface area contributed by atoms with Gasteiger partial charge in [-0.3, -0.25) is 14.6 Å². The van der Waals surface area contributed by atoms with E-state index < -0.39 is 52.4 Å². The van der Waals surface area contributed by atoms with E-state index in [1.807, 2.05) is 0 Å². The van der Waals surface area contributed by atoms with Gasteiger partial charge in [-0.05, 0) is 81.0 Å². The molecule has 4 amide bonds. The second-order valence-electron chi connectivity index (χ2n) is 15.1. The Morgan fingerprint density at radius 2 is 1.40 bits per heavy atom. The Morgan fingerprint density at radius 1 is 0.800 bits per heavy atom. The monoisotopic (exact) mass is 847 g/mol. The largest absolute Gasteiger partial charge is 0.455 e. The zero-order valence-corrected chi connectivity index (χ0v) is 35.0. The molecule has 19 heteroatoms. The van der Waals surface area contributed by atoms with Gasteiger partial charge >= 0.3 is 12.2 Å². The van der Waals surface area contributed by atoms with Crippen LogP contribution in [-0.4, -0.2) is 130 Å². The maximum Gasteiger partial charge on any atom is 0.407 e. The number of sulfone groups is 1. The summed E-state index contributed by atoms with van der Waals surface area (Å²) < 4.78 is 54.7. The SMILES string of the molecule is COC(=O)N[C@H](C(=O)N1CCC[C@H]1C1=NC=C(c2ccc3c(c2)Oc2ccc(-c4cnc([C@@H]5CCCN5C(=O)[C@@H](NC(=O)OC)[C@H](C)OC)[nH]4)cc2S3(=O)=O)C1)[C@H](C)OC. The van der Waals surface area contributed by atoms with Gasteiger partial charge in [0.05, 0.1) is 50.4 Å². The number of ether oxygens (including phenoxy) is 5. The van der Waals surface area contributed by atoms with E-state index in [0.29, 0.717) is 55.9 Å². The fourth-order valence-electron chi connectivity index (χ4n) is 8.15. The van der Waals surface area contributed by atoms with E-state index in [9.17, 15) is 27.6 Å². The lowest BCUT2D eigenvalue weighted by Crippen LogP contribution is -2.56. The third-order valence-corrected chi connectivity index (χ3v) is 13.4. The summed E-state index contributed by atoms with van der Waals surface area (Å²) in [6.45, 7) is 4.33. The van der Waals surface area contributed by atoms with Gasteiger partial charge in [0.1, 0.15) is 39.2 Å². The van der Waals surface area contributed by atoms with E-state index in [2.05, 4.69) is 20.6 Å². The summed E-state index contributed by atoms with van der Waals surface area (Å²) in [5, 5.41) is 5.17. The van der Waals surface area contributed by atoms with Gasteiger partial charge in [-0.2, -0.15) is 0 Å². The first kappa shape index (κ1) is 42.3. The maximum absolute atomic E-state index is 14.1. The predicted molar refractivity (Wildman–Crippen MR) is 216 cm³/mol. The summed E-state index contributed by atoms with van der Waals surface area (Å²) in [6.07, 6.45) is 3.86. The quantitative estimate of drug-likeness (QED) is 0.181. The molecule has 0 bridgehead atoms. The number of imidazole rings is 1. The van der Waals surface area contributed by atoms with E-state index in [4.69, 9.17) is 28.7 Å². The van der Waals surface area contributed by atoms with E-state index in [1.54, 1.807) is 66.4 Å². The summed E-state index contributed by atoms with van der Waals surface area (Å²) >= 11 is 0. The number of carbonyl (C=O) groups is 4. The molecule has 3 N–H and O–H groups in total. The number of aliphatic imine (C=N–C) groups is 1. The highest BCUT2D eigenvalue weighted by molar-refractivity contribution is 7.91. The van der Waals surface area contributed by atoms with Crippen molar-refractivity contribution in [3.8, 4) is 22.8 Å². The number of aromatic amines is 1. The van der Waals surface area contributed by atoms with Gasteiger partial charge < -0.3 is 49.1 Å². The highest BCUT2D eigenvalue weighted by Gasteiger charge is 2.41. The molecule has 2 fully saturated rings. The lowest BCUT2D eigenvalue weighted by atomic mass is 9.98. The van der Waals surface area contributed by atoms with Crippen LogP contribution in [0.4, 0.5) is 9.59 Å². The Kier molecular flexibility index (Phi) is 12.3. The molecule has 3 aromatic rings. The van der Waals surface area contributed by atoms with Gasteiger partial charge in [-0.1, -0.05) is 6.07 Å². The lowest BCUT2D eigenvalue weighted by molar-refractivity contribution is -0.138. The van der Waals surface area contributed by atoms with Gasteiger partial charge in [-0.25, -0.2) is 23.0 Å². The van der Waals surface area contributed by atoms with Crippen LogP contribution in [0.3, 0.4) is 0 Å². The summed E-state index contributed by atoms with van der Waals surface area (Å²) in [5.41, 5.74) is 3.46. The minimum absolute atomic E-state index is 0.00108. The van der Waals surface area contributed by atoms with Gasteiger partial charge in [0.15, 0.2) is 0 Å². The number of fused-ring (bicyclic) bond motifs is 2. The number of nitrogens with one attached hydrogen (secondary N) is 3. The van der Waals surface area contributed by atoms with Crippen LogP contribution in [0, 0.1) is 0 Å². The summed E-state index contributed by atoms with van der Waals surface area (Å²) in [6, 6.07) is 7.20. The molecule has 0 aliphatic carbocycles. The molecule has 1 aromatic heterocycles. The van der Waals surface area contributed by atoms with Crippen LogP contribution in [0.15, 0.2) is 63.6 Å². The number of aromatic nitrogens is 2. The van der Waals surface area contributed by atoms with Crippen molar-refractivity contribution in [2.75, 3.05) is 41.5 Å². The van der Waals surface area contributed by atoms with Crippen LogP contribution in [-0.2, 0) is 38.4 Å². The maximum atomic E-state index is 14.1. The zero-order chi connectivity index (χ0) is 42.9. The molecule has 2 aromatic carbocycles. The van der Waals surface area contributed by atoms with E-state index in [-0.39, 0.29) is 39.1 Å². The Hall–Kier alpha value is -5.79. The average Bonchev–Trinajstić information content (AvgIpc) is 4.10. The zero-order valence-electron chi connectivity index (χ0n) is 34.2. The Morgan fingerprint density at radius 3 is 2.02 bits per heavy atom. The van der Waals surface area contributed by atoms with Gasteiger partial charge in [0, 0.05) is 51.2 Å². The van der Waals surface area contributed by atoms with Crippen molar-refractivity contribution in [2.24, 2.45) is 4.99 Å². The van der Waals surface area contributed by atoms with Crippen molar-refractivity contribution in [3.63, 3.8) is 0 Å². The molecule has 320 valence electrons. The van der Waals surface area contributed by atoms with Crippen LogP contribution in [0.2, 0.25) is 0 Å². The number of rotatable bonds is 12. The van der Waals surface area contributed by atoms with Crippen LogP contribution in [0.25, 0.3) is 16.8 Å². The third kappa shape index (κ3) is 8.08. The molecular formula is C41H49N7O11S. The van der Waals surface area contributed by atoms with Crippen molar-refractivity contribution < 1.29 is 51.3 Å². The number of methoxy groups -OCH3 is 4. The Balaban J connectivity index is 1.05. The van der Waals surface area contributed by atoms with Crippen LogP contribution in [0.1, 0.15) is 63.4 Å². The highest BCUT2D eigenvalue weighted by Crippen LogP contribution is 2.45. The topological polar surface area (TPSA) is 220 Å². The Labute approximate surface area is 347 Å². The van der Waals surface area contributed by atoms with E-state index in [1.165, 1.54) is 34.5 Å². The van der Waals surface area contributed by atoms with Crippen LogP contribution in [0.5, 0.6) is 11.5 Å². The van der Waals surface area contributed by atoms with Crippen molar-refractivity contribution in [1.29, 1.82) is 0 Å². The molecule has 18 nitrogen and oxygen atoms in total. The summed E-state index contributed by atoms with van der Waals surface area (Å²) in [4.78, 5) is 67.5. The molecule has 0 saturated carbocycles. The predicted octanol–water partition coefficient (Wildman–Crippen LogP) is 4.37. The normalized spacial score (nSPS) is 21.0. The van der Waals surface area contributed by atoms with Crippen molar-refractivity contribution in [2.45, 2.75) is 92.1 Å². The number of alkyl carbamates (subject to hydrolysis) is 2. The molecule has 0 spiro atoms. The van der Waals surface area contributed by atoms with E-state index in [0.717, 1.165) is 23.3 Å². The molecule has 4 aliphatic heterocycles. The Bertz CT molecular complexity index is 2340. The molecule has 2 saturated heterocycles. The smallest absolute Gasteiger partial charge is 0.407 e. The number of benzene rings is 2. The number of hydrogen-bond donors (Lipinski definition) is 3. The number of allylic oxidation sites excluding steroid dienone is 1. The van der Waals surface area contributed by atoms with Gasteiger partial charge in [-0.15, -0.1) is 0 Å². The average molecular weight is 848 g/mol. The number of hydrogen-bond acceptors (Lipinski definition) is 13. The molecular weight excluding hydrogens is 799 g/mol. The molecule has 7 rings (SSSR count). The lowest BCUT2D eigenvalue weighted by Gasteiger charge is -2.31. The second kappa shape index (κ2) is 17.4. The fraction of sp³-hybridized carbons (Fsp3) is 0.463. The van der Waals surface area contributed by atoms with Crippen molar-refractivity contribution >= 4 is 45.1 Å². The minimum Gasteiger partial charge on any atom is -0.455 e. The third-order valence-electron chi connectivity index (χ3n) is 11.6. The number of likely N-dealkylation sites (tertiary alicyclic amines) is 2. The van der Waals surface area contributed by atoms with Crippen LogP contribution < -0.4 is 15.4 Å². The molecule has 0 unspecified atom stereocenters. The molecule has 4 aliphatic rings. The number of nitrogens with zero attached hydrogens (tertiary/aromatic N) is 4. The number of carbonyl (C=O) groups excluding carboxylic acids is 4. The first-order valence-corrected chi connectivity index (χ1v) is 21.2. The minimum atomic E-state index is -4.01. The molecule has 0 radical (unpaired) electrons. The van der Waals surface area contributed by atoms with Crippen LogP contribution >= 0.6 is 0 Å². The molecule has 6 atom stereocenters. The number of amides is 4. The highest BCUT2D eigenvalue weighted by atomic mass is 32.2. The summed E-state index contributed by atoms with van der Waals surface area (Å²) in [7, 11) is 1.36. The first-order valence-electron chi connectivity index (χ1n) is 19.7.